The Morgan fingerprint density at radius 1 is 0.773 bits per heavy atom. The van der Waals surface area contributed by atoms with Crippen molar-refractivity contribution in [3.63, 3.8) is 0 Å². The molecule has 1 fully saturated rings. The van der Waals surface area contributed by atoms with Gasteiger partial charge in [-0.3, -0.25) is 0 Å². The van der Waals surface area contributed by atoms with Crippen molar-refractivity contribution in [2.24, 2.45) is 0 Å². The van der Waals surface area contributed by atoms with Crippen LogP contribution in [0.4, 0.5) is 0 Å². The van der Waals surface area contributed by atoms with Crippen LogP contribution in [0.15, 0.2) is 0 Å². The number of hydrogen-bond acceptors (Lipinski definition) is 11. The molecular weight excluding hydrogens is 308 g/mol. The zero-order valence-electron chi connectivity index (χ0n) is 11.6. The Morgan fingerprint density at radius 2 is 1.18 bits per heavy atom. The molecule has 0 spiro atoms. The molecule has 22 heavy (non-hydrogen) atoms. The lowest BCUT2D eigenvalue weighted by Crippen LogP contribution is -2.52. The lowest BCUT2D eigenvalue weighted by atomic mass is 10.0. The quantitative estimate of drug-likeness (QED) is 0.229. The van der Waals surface area contributed by atoms with Crippen molar-refractivity contribution >= 4 is 0 Å². The lowest BCUT2D eigenvalue weighted by Gasteiger charge is -2.31. The summed E-state index contributed by atoms with van der Waals surface area (Å²) < 4.78 is 4.47. The molecule has 0 saturated carbocycles. The van der Waals surface area contributed by atoms with E-state index in [1.807, 2.05) is 0 Å². The van der Waals surface area contributed by atoms with E-state index in [4.69, 9.17) is 51.1 Å². The van der Waals surface area contributed by atoms with E-state index in [0.29, 0.717) is 0 Å². The molecule has 1 heterocycles. The van der Waals surface area contributed by atoms with Crippen LogP contribution in [0.1, 0.15) is 0 Å². The molecule has 1 aliphatic rings. The van der Waals surface area contributed by atoms with Crippen molar-refractivity contribution in [1.29, 1.82) is 0 Å². The zero-order chi connectivity index (χ0) is 17.4. The second-order valence-corrected chi connectivity index (χ2v) is 4.75. The third kappa shape index (κ3) is 6.36. The van der Waals surface area contributed by atoms with Crippen LogP contribution in [-0.4, -0.2) is 120 Å². The largest absolute Gasteiger partial charge is 0.394 e. The van der Waals surface area contributed by atoms with E-state index in [0.717, 1.165) is 0 Å². The lowest BCUT2D eigenvalue weighted by molar-refractivity contribution is -0.252. The maximum Gasteiger partial charge on any atom is 0.183 e. The molecule has 0 aromatic rings. The fraction of sp³-hybridized carbons (Fsp3) is 1.00. The van der Waals surface area contributed by atoms with Crippen LogP contribution in [0.25, 0.3) is 0 Å². The number of aliphatic hydroxyl groups excluding tert-OH is 10. The smallest absolute Gasteiger partial charge is 0.183 e. The van der Waals surface area contributed by atoms with E-state index in [1.54, 1.807) is 0 Å². The van der Waals surface area contributed by atoms with E-state index in [-0.39, 0.29) is 6.61 Å². The van der Waals surface area contributed by atoms with Gasteiger partial charge in [-0.15, -0.1) is 0 Å². The Labute approximate surface area is 125 Å². The highest BCUT2D eigenvalue weighted by Crippen LogP contribution is 2.12. The van der Waals surface area contributed by atoms with Crippen LogP contribution in [-0.2, 0) is 4.74 Å². The molecule has 11 nitrogen and oxygen atoms in total. The van der Waals surface area contributed by atoms with Crippen molar-refractivity contribution in [2.45, 2.75) is 49.0 Å². The van der Waals surface area contributed by atoms with Gasteiger partial charge in [0.2, 0.25) is 0 Å². The summed E-state index contributed by atoms with van der Waals surface area (Å²) in [5.74, 6) is 0. The minimum atomic E-state index is -1.67. The third-order valence-electron chi connectivity index (χ3n) is 2.99. The van der Waals surface area contributed by atoms with Crippen LogP contribution in [0.3, 0.4) is 0 Å². The molecule has 10 N–H and O–H groups in total. The van der Waals surface area contributed by atoms with Crippen molar-refractivity contribution in [3.8, 4) is 0 Å². The van der Waals surface area contributed by atoms with Crippen molar-refractivity contribution < 1.29 is 55.8 Å². The minimum Gasteiger partial charge on any atom is -0.394 e. The van der Waals surface area contributed by atoms with E-state index < -0.39 is 62.2 Å². The van der Waals surface area contributed by atoms with Gasteiger partial charge in [0.1, 0.15) is 42.7 Å². The molecule has 0 amide bonds. The molecule has 11 heteroatoms. The number of ether oxygens (including phenoxy) is 1. The van der Waals surface area contributed by atoms with Gasteiger partial charge in [-0.1, -0.05) is 0 Å². The summed E-state index contributed by atoms with van der Waals surface area (Å²) in [6.07, 6.45) is -11.6. The van der Waals surface area contributed by atoms with Gasteiger partial charge in [0, 0.05) is 0 Å². The van der Waals surface area contributed by atoms with Crippen molar-refractivity contribution in [2.75, 3.05) is 19.8 Å². The van der Waals surface area contributed by atoms with Gasteiger partial charge in [-0.25, -0.2) is 0 Å². The van der Waals surface area contributed by atoms with E-state index in [9.17, 15) is 0 Å². The van der Waals surface area contributed by atoms with Crippen LogP contribution in [0.2, 0.25) is 0 Å². The summed E-state index contributed by atoms with van der Waals surface area (Å²) in [7, 11) is 0. The molecule has 0 aliphatic carbocycles. The third-order valence-corrected chi connectivity index (χ3v) is 2.99. The Balaban J connectivity index is 0.000000406. The van der Waals surface area contributed by atoms with E-state index in [1.165, 1.54) is 0 Å². The Kier molecular flexibility index (Phi) is 10.1. The first kappa shape index (κ1) is 21.6. The minimum absolute atomic E-state index is 0.153. The molecule has 1 saturated heterocycles. The van der Waals surface area contributed by atoms with Gasteiger partial charge >= 0.3 is 0 Å². The summed E-state index contributed by atoms with van der Waals surface area (Å²) in [6, 6.07) is 0. The maximum atomic E-state index is 8.96. The van der Waals surface area contributed by atoms with Crippen LogP contribution in [0, 0.1) is 0 Å². The number of hydrogen-bond donors (Lipinski definition) is 10. The van der Waals surface area contributed by atoms with Crippen molar-refractivity contribution in [1.82, 2.24) is 0 Å². The second kappa shape index (κ2) is 10.4. The Bertz CT molecular complexity index is 263. The molecule has 134 valence electrons. The first-order valence-electron chi connectivity index (χ1n) is 6.45. The molecule has 0 bridgehead atoms. The summed E-state index contributed by atoms with van der Waals surface area (Å²) in [6.45, 7) is -1.61. The van der Waals surface area contributed by atoms with Crippen molar-refractivity contribution in [3.05, 3.63) is 0 Å². The summed E-state index contributed by atoms with van der Waals surface area (Å²) in [4.78, 5) is 0. The molecule has 0 aromatic carbocycles. The Hall–Kier alpha value is -0.440. The standard InChI is InChI=1S/C6H14O6.C5H10O5/c7-1-3(9)5(11)6(12)4(10)2-8;6-2-1-10-5(9)4(8)3(2)7/h3-12H,1-2H2;2-9H,1H2/t3-,4-,5-,6-;2-,3+,4-,5?/m11/s1. The summed E-state index contributed by atoms with van der Waals surface area (Å²) in [5, 5.41) is 87.4. The normalized spacial score (nSPS) is 34.1. The topological polar surface area (TPSA) is 212 Å². The molecule has 1 unspecified atom stereocenters. The van der Waals surface area contributed by atoms with E-state index in [2.05, 4.69) is 4.74 Å². The van der Waals surface area contributed by atoms with Crippen LogP contribution < -0.4 is 0 Å². The molecule has 1 aliphatic heterocycles. The highest BCUT2D eigenvalue weighted by atomic mass is 16.6. The van der Waals surface area contributed by atoms with Gasteiger partial charge < -0.3 is 55.8 Å². The average Bonchev–Trinajstić information content (AvgIpc) is 2.54. The van der Waals surface area contributed by atoms with Crippen LogP contribution >= 0.6 is 0 Å². The van der Waals surface area contributed by atoms with Gasteiger partial charge in [-0.2, -0.15) is 0 Å². The fourth-order valence-electron chi connectivity index (χ4n) is 1.46. The summed E-state index contributed by atoms with van der Waals surface area (Å²) in [5.41, 5.74) is 0. The van der Waals surface area contributed by atoms with Gasteiger partial charge in [0.15, 0.2) is 6.29 Å². The molecule has 0 radical (unpaired) electrons. The average molecular weight is 332 g/mol. The molecule has 0 aromatic heterocycles. The fourth-order valence-corrected chi connectivity index (χ4v) is 1.46. The predicted molar refractivity (Wildman–Crippen MR) is 68.2 cm³/mol. The maximum absolute atomic E-state index is 8.96. The van der Waals surface area contributed by atoms with Gasteiger partial charge in [0.05, 0.1) is 19.8 Å². The first-order valence-corrected chi connectivity index (χ1v) is 6.45. The van der Waals surface area contributed by atoms with Gasteiger partial charge in [0.25, 0.3) is 0 Å². The molecule has 8 atom stereocenters. The highest BCUT2D eigenvalue weighted by molar-refractivity contribution is 4.81. The molecule has 1 rings (SSSR count). The predicted octanol–water partition coefficient (Wildman–Crippen LogP) is -6.17. The SMILES string of the molecule is OC1OC[C@@H](O)[C@H](O)[C@H]1O.OC[C@@H](O)[C@@H](O)[C@H](O)[C@H](O)CO. The van der Waals surface area contributed by atoms with Gasteiger partial charge in [-0.05, 0) is 0 Å². The second-order valence-electron chi connectivity index (χ2n) is 4.75. The monoisotopic (exact) mass is 332 g/mol. The summed E-state index contributed by atoms with van der Waals surface area (Å²) >= 11 is 0. The highest BCUT2D eigenvalue weighted by Gasteiger charge is 2.36. The number of rotatable bonds is 5. The Morgan fingerprint density at radius 3 is 1.50 bits per heavy atom. The first-order chi connectivity index (χ1) is 10.2. The van der Waals surface area contributed by atoms with E-state index >= 15 is 0 Å². The zero-order valence-corrected chi connectivity index (χ0v) is 11.6. The number of aliphatic hydroxyl groups is 10. The van der Waals surface area contributed by atoms with Crippen LogP contribution in [0.5, 0.6) is 0 Å². The molecular formula is C11H24O11.